The van der Waals surface area contributed by atoms with Gasteiger partial charge >= 0.3 is 6.09 Å². The van der Waals surface area contributed by atoms with E-state index in [1.54, 1.807) is 20.8 Å². The highest BCUT2D eigenvalue weighted by Crippen LogP contribution is 2.27. The first kappa shape index (κ1) is 18.0. The number of aliphatic hydroxyl groups is 2. The van der Waals surface area contributed by atoms with Gasteiger partial charge in [-0.2, -0.15) is 5.10 Å². The number of nitrogens with zero attached hydrogens (tertiary/aromatic N) is 1. The van der Waals surface area contributed by atoms with Crippen LogP contribution in [0.2, 0.25) is 0 Å². The molecule has 4 N–H and O–H groups in total. The van der Waals surface area contributed by atoms with Crippen LogP contribution in [0, 0.1) is 0 Å². The smallest absolute Gasteiger partial charge is 0.407 e. The van der Waals surface area contributed by atoms with Crippen molar-refractivity contribution in [2.75, 3.05) is 6.54 Å². The number of hydrogen-bond donors (Lipinski definition) is 4. The molecule has 2 aromatic rings. The van der Waals surface area contributed by atoms with Crippen molar-refractivity contribution in [3.8, 4) is 11.3 Å². The van der Waals surface area contributed by atoms with Crippen LogP contribution < -0.4 is 5.32 Å². The summed E-state index contributed by atoms with van der Waals surface area (Å²) in [5, 5.41) is 29.7. The molecule has 1 aromatic heterocycles. The molecule has 0 spiro atoms. The molecule has 0 aliphatic carbocycles. The Balaban J connectivity index is 2.01. The molecule has 0 fully saturated rings. The number of amides is 1. The van der Waals surface area contributed by atoms with E-state index in [2.05, 4.69) is 15.5 Å². The van der Waals surface area contributed by atoms with E-state index in [-0.39, 0.29) is 6.54 Å². The van der Waals surface area contributed by atoms with Gasteiger partial charge in [-0.1, -0.05) is 30.3 Å². The maximum Gasteiger partial charge on any atom is 0.407 e. The van der Waals surface area contributed by atoms with Gasteiger partial charge in [0.15, 0.2) is 0 Å². The summed E-state index contributed by atoms with van der Waals surface area (Å²) in [5.74, 6) is 0. The molecule has 2 unspecified atom stereocenters. The van der Waals surface area contributed by atoms with Crippen LogP contribution in [0.25, 0.3) is 11.3 Å². The molecule has 0 radical (unpaired) electrons. The Morgan fingerprint density at radius 1 is 1.29 bits per heavy atom. The zero-order chi connectivity index (χ0) is 17.7. The maximum atomic E-state index is 11.6. The SMILES string of the molecule is CC(C)(C)OC(=O)NCC(O)C(O)c1cn[nH]c1-c1ccccc1. The highest BCUT2D eigenvalue weighted by atomic mass is 16.6. The number of hydrogen-bond acceptors (Lipinski definition) is 5. The Labute approximate surface area is 140 Å². The van der Waals surface area contributed by atoms with E-state index >= 15 is 0 Å². The molecule has 1 amide bonds. The molecule has 0 saturated heterocycles. The van der Waals surface area contributed by atoms with Crippen molar-refractivity contribution in [2.45, 2.75) is 38.6 Å². The molecular weight excluding hydrogens is 310 g/mol. The predicted molar refractivity (Wildman–Crippen MR) is 89.2 cm³/mol. The molecule has 130 valence electrons. The fourth-order valence-corrected chi connectivity index (χ4v) is 2.18. The Morgan fingerprint density at radius 2 is 1.96 bits per heavy atom. The minimum Gasteiger partial charge on any atom is -0.444 e. The Bertz CT molecular complexity index is 664. The summed E-state index contributed by atoms with van der Waals surface area (Å²) in [5.41, 5.74) is 1.30. The minimum atomic E-state index is -1.20. The summed E-state index contributed by atoms with van der Waals surface area (Å²) >= 11 is 0. The number of aromatic nitrogens is 2. The van der Waals surface area contributed by atoms with Crippen LogP contribution in [0.5, 0.6) is 0 Å². The Hall–Kier alpha value is -2.38. The zero-order valence-electron chi connectivity index (χ0n) is 14.0. The first-order valence-electron chi connectivity index (χ1n) is 7.69. The number of ether oxygens (including phenoxy) is 1. The van der Waals surface area contributed by atoms with E-state index in [0.29, 0.717) is 11.3 Å². The van der Waals surface area contributed by atoms with Crippen molar-refractivity contribution in [3.63, 3.8) is 0 Å². The second-order valence-corrected chi connectivity index (χ2v) is 6.46. The second kappa shape index (κ2) is 7.46. The predicted octanol–water partition coefficient (Wildman–Crippen LogP) is 2.00. The van der Waals surface area contributed by atoms with E-state index in [4.69, 9.17) is 4.74 Å². The third-order valence-corrected chi connectivity index (χ3v) is 3.27. The van der Waals surface area contributed by atoms with Crippen LogP contribution >= 0.6 is 0 Å². The van der Waals surface area contributed by atoms with Crippen LogP contribution in [-0.4, -0.2) is 44.8 Å². The number of benzene rings is 1. The molecule has 1 aromatic carbocycles. The van der Waals surface area contributed by atoms with Gasteiger partial charge in [0.05, 0.1) is 11.9 Å². The number of carbonyl (C=O) groups excluding carboxylic acids is 1. The van der Waals surface area contributed by atoms with Gasteiger partial charge in [0, 0.05) is 12.1 Å². The van der Waals surface area contributed by atoms with Crippen molar-refractivity contribution in [1.29, 1.82) is 0 Å². The fourth-order valence-electron chi connectivity index (χ4n) is 2.18. The lowest BCUT2D eigenvalue weighted by atomic mass is 10.0. The molecular formula is C17H23N3O4. The van der Waals surface area contributed by atoms with Crippen LogP contribution in [0.1, 0.15) is 32.4 Å². The van der Waals surface area contributed by atoms with Gasteiger partial charge in [-0.15, -0.1) is 0 Å². The van der Waals surface area contributed by atoms with E-state index in [0.717, 1.165) is 5.56 Å². The van der Waals surface area contributed by atoms with Crippen molar-refractivity contribution in [3.05, 3.63) is 42.1 Å². The first-order chi connectivity index (χ1) is 11.3. The zero-order valence-corrected chi connectivity index (χ0v) is 14.0. The maximum absolute atomic E-state index is 11.6. The third-order valence-electron chi connectivity index (χ3n) is 3.27. The Morgan fingerprint density at radius 3 is 2.58 bits per heavy atom. The molecule has 0 aliphatic heterocycles. The van der Waals surface area contributed by atoms with Crippen LogP contribution in [0.4, 0.5) is 4.79 Å². The summed E-state index contributed by atoms with van der Waals surface area (Å²) in [6.07, 6.45) is -1.58. The van der Waals surface area contributed by atoms with E-state index in [9.17, 15) is 15.0 Å². The van der Waals surface area contributed by atoms with E-state index < -0.39 is 23.9 Å². The van der Waals surface area contributed by atoms with Crippen molar-refractivity contribution < 1.29 is 19.7 Å². The average Bonchev–Trinajstić information content (AvgIpc) is 3.00. The van der Waals surface area contributed by atoms with E-state index in [1.807, 2.05) is 30.3 Å². The molecule has 2 rings (SSSR count). The standard InChI is InChI=1S/C17H23N3O4/c1-17(2,3)24-16(23)18-10-13(21)15(22)12-9-19-20-14(12)11-7-5-4-6-8-11/h4-9,13,15,21-22H,10H2,1-3H3,(H,18,23)(H,19,20). The fraction of sp³-hybridized carbons (Fsp3) is 0.412. The number of H-pyrrole nitrogens is 1. The molecule has 0 saturated carbocycles. The topological polar surface area (TPSA) is 107 Å². The number of aliphatic hydroxyl groups excluding tert-OH is 2. The first-order valence-corrected chi connectivity index (χ1v) is 7.69. The number of carbonyl (C=O) groups is 1. The average molecular weight is 333 g/mol. The molecule has 24 heavy (non-hydrogen) atoms. The van der Waals surface area contributed by atoms with Crippen LogP contribution in [0.15, 0.2) is 36.5 Å². The van der Waals surface area contributed by atoms with Gasteiger partial charge in [-0.3, -0.25) is 5.10 Å². The molecule has 0 bridgehead atoms. The minimum absolute atomic E-state index is 0.143. The van der Waals surface area contributed by atoms with Gasteiger partial charge in [0.2, 0.25) is 0 Å². The summed E-state index contributed by atoms with van der Waals surface area (Å²) in [6.45, 7) is 5.09. The second-order valence-electron chi connectivity index (χ2n) is 6.46. The lowest BCUT2D eigenvalue weighted by Gasteiger charge is -2.22. The lowest BCUT2D eigenvalue weighted by Crippen LogP contribution is -2.38. The van der Waals surface area contributed by atoms with Crippen molar-refractivity contribution in [1.82, 2.24) is 15.5 Å². The normalized spacial score (nSPS) is 14.0. The third kappa shape index (κ3) is 4.81. The number of aromatic amines is 1. The number of alkyl carbamates (subject to hydrolysis) is 1. The lowest BCUT2D eigenvalue weighted by molar-refractivity contribution is 0.0132. The molecule has 7 nitrogen and oxygen atoms in total. The van der Waals surface area contributed by atoms with Gasteiger partial charge in [0.1, 0.15) is 17.8 Å². The van der Waals surface area contributed by atoms with Crippen LogP contribution in [0.3, 0.4) is 0 Å². The van der Waals surface area contributed by atoms with Gasteiger partial charge in [-0.25, -0.2) is 4.79 Å². The molecule has 7 heteroatoms. The summed E-state index contributed by atoms with van der Waals surface area (Å²) in [7, 11) is 0. The summed E-state index contributed by atoms with van der Waals surface area (Å²) < 4.78 is 5.09. The quantitative estimate of drug-likeness (QED) is 0.669. The highest BCUT2D eigenvalue weighted by Gasteiger charge is 2.24. The summed E-state index contributed by atoms with van der Waals surface area (Å²) in [6, 6.07) is 9.36. The van der Waals surface area contributed by atoms with Crippen LogP contribution in [-0.2, 0) is 4.74 Å². The largest absolute Gasteiger partial charge is 0.444 e. The molecule has 0 aliphatic rings. The van der Waals surface area contributed by atoms with Crippen molar-refractivity contribution >= 4 is 6.09 Å². The monoisotopic (exact) mass is 333 g/mol. The van der Waals surface area contributed by atoms with Crippen molar-refractivity contribution in [2.24, 2.45) is 0 Å². The molecule has 1 heterocycles. The Kier molecular flexibility index (Phi) is 5.58. The van der Waals surface area contributed by atoms with Gasteiger partial charge < -0.3 is 20.3 Å². The highest BCUT2D eigenvalue weighted by molar-refractivity contribution is 5.67. The summed E-state index contributed by atoms with van der Waals surface area (Å²) in [4.78, 5) is 11.6. The number of nitrogens with one attached hydrogen (secondary N) is 2. The van der Waals surface area contributed by atoms with E-state index in [1.165, 1.54) is 6.20 Å². The van der Waals surface area contributed by atoms with Gasteiger partial charge in [-0.05, 0) is 26.3 Å². The number of rotatable bonds is 5. The molecule has 2 atom stereocenters. The van der Waals surface area contributed by atoms with Gasteiger partial charge in [0.25, 0.3) is 0 Å².